The summed E-state index contributed by atoms with van der Waals surface area (Å²) < 4.78 is 1.16. The Hall–Kier alpha value is -2.80. The van der Waals surface area contributed by atoms with Crippen molar-refractivity contribution in [2.24, 2.45) is 0 Å². The zero-order chi connectivity index (χ0) is 19.5. The Bertz CT molecular complexity index is 1120. The molecule has 0 spiro atoms. The fourth-order valence-electron chi connectivity index (χ4n) is 2.63. The highest BCUT2D eigenvalue weighted by molar-refractivity contribution is 7.80. The quantitative estimate of drug-likeness (QED) is 0.412. The standard InChI is InChI=1S/C21H14ClN3OS2/c22-15-9-5-13(6-10-15)19(26)25-21(27)23-16-11-7-14(8-12-16)20-24-17-3-1-2-4-18(17)28-20/h1-12H,(H2,23,25,26,27). The van der Waals surface area contributed by atoms with E-state index in [9.17, 15) is 4.79 Å². The van der Waals surface area contributed by atoms with Gasteiger partial charge in [-0.05, 0) is 72.9 Å². The van der Waals surface area contributed by atoms with E-state index in [2.05, 4.69) is 21.7 Å². The molecular formula is C21H14ClN3OS2. The van der Waals surface area contributed by atoms with Gasteiger partial charge in [0.15, 0.2) is 5.11 Å². The van der Waals surface area contributed by atoms with Crippen LogP contribution in [0.15, 0.2) is 72.8 Å². The summed E-state index contributed by atoms with van der Waals surface area (Å²) in [6.07, 6.45) is 0. The maximum absolute atomic E-state index is 12.2. The van der Waals surface area contributed by atoms with Gasteiger partial charge in [0.05, 0.1) is 10.2 Å². The Kier molecular flexibility index (Phi) is 5.34. The first kappa shape index (κ1) is 18.6. The van der Waals surface area contributed by atoms with Crippen molar-refractivity contribution in [1.29, 1.82) is 0 Å². The van der Waals surface area contributed by atoms with Gasteiger partial charge in [-0.3, -0.25) is 10.1 Å². The number of anilines is 1. The molecule has 1 amide bonds. The molecule has 0 saturated heterocycles. The average Bonchev–Trinajstić information content (AvgIpc) is 3.13. The molecule has 1 aromatic heterocycles. The van der Waals surface area contributed by atoms with Crippen molar-refractivity contribution in [3.63, 3.8) is 0 Å². The summed E-state index contributed by atoms with van der Waals surface area (Å²) in [5.41, 5.74) is 3.30. The van der Waals surface area contributed by atoms with Crippen LogP contribution >= 0.6 is 35.2 Å². The lowest BCUT2D eigenvalue weighted by molar-refractivity contribution is 0.0978. The summed E-state index contributed by atoms with van der Waals surface area (Å²) in [6.45, 7) is 0. The lowest BCUT2D eigenvalue weighted by atomic mass is 10.2. The van der Waals surface area contributed by atoms with Gasteiger partial charge in [-0.25, -0.2) is 4.98 Å². The summed E-state index contributed by atoms with van der Waals surface area (Å²) in [6, 6.07) is 22.4. The summed E-state index contributed by atoms with van der Waals surface area (Å²) in [5, 5.41) is 7.44. The predicted octanol–water partition coefficient (Wildman–Crippen LogP) is 5.74. The number of benzene rings is 3. The number of hydrogen-bond donors (Lipinski definition) is 2. The molecule has 138 valence electrons. The van der Waals surface area contributed by atoms with Gasteiger partial charge in [-0.15, -0.1) is 11.3 Å². The van der Waals surface area contributed by atoms with Gasteiger partial charge in [-0.1, -0.05) is 23.7 Å². The third-order valence-electron chi connectivity index (χ3n) is 4.02. The highest BCUT2D eigenvalue weighted by Crippen LogP contribution is 2.30. The topological polar surface area (TPSA) is 54.0 Å². The van der Waals surface area contributed by atoms with E-state index in [-0.39, 0.29) is 11.0 Å². The minimum absolute atomic E-state index is 0.229. The van der Waals surface area contributed by atoms with E-state index in [4.69, 9.17) is 23.8 Å². The van der Waals surface area contributed by atoms with Crippen LogP contribution in [0.3, 0.4) is 0 Å². The molecule has 0 aliphatic carbocycles. The smallest absolute Gasteiger partial charge is 0.257 e. The van der Waals surface area contributed by atoms with Crippen molar-refractivity contribution in [1.82, 2.24) is 10.3 Å². The van der Waals surface area contributed by atoms with Crippen LogP contribution in [-0.2, 0) is 0 Å². The Morgan fingerprint density at radius 3 is 2.39 bits per heavy atom. The van der Waals surface area contributed by atoms with Gasteiger partial charge >= 0.3 is 0 Å². The molecule has 2 N–H and O–H groups in total. The molecule has 0 bridgehead atoms. The van der Waals surface area contributed by atoms with Gasteiger partial charge in [0.1, 0.15) is 5.01 Å². The molecule has 3 aromatic carbocycles. The number of carbonyl (C=O) groups is 1. The van der Waals surface area contributed by atoms with E-state index in [0.717, 1.165) is 26.5 Å². The van der Waals surface area contributed by atoms with Gasteiger partial charge in [0.2, 0.25) is 0 Å². The first-order valence-electron chi connectivity index (χ1n) is 8.42. The molecular weight excluding hydrogens is 410 g/mol. The first-order chi connectivity index (χ1) is 13.6. The summed E-state index contributed by atoms with van der Waals surface area (Å²) in [4.78, 5) is 16.9. The van der Waals surface area contributed by atoms with Crippen LogP contribution < -0.4 is 10.6 Å². The minimum atomic E-state index is -0.291. The Labute approximate surface area is 176 Å². The number of aromatic nitrogens is 1. The van der Waals surface area contributed by atoms with Crippen LogP contribution in [-0.4, -0.2) is 16.0 Å². The summed E-state index contributed by atoms with van der Waals surface area (Å²) in [7, 11) is 0. The highest BCUT2D eigenvalue weighted by atomic mass is 35.5. The molecule has 4 rings (SSSR count). The van der Waals surface area contributed by atoms with Crippen molar-refractivity contribution in [2.75, 3.05) is 5.32 Å². The molecule has 0 atom stereocenters. The van der Waals surface area contributed by atoms with Crippen molar-refractivity contribution < 1.29 is 4.79 Å². The van der Waals surface area contributed by atoms with Crippen LogP contribution in [0.25, 0.3) is 20.8 Å². The monoisotopic (exact) mass is 423 g/mol. The Balaban J connectivity index is 1.41. The van der Waals surface area contributed by atoms with Crippen LogP contribution in [0.4, 0.5) is 5.69 Å². The molecule has 0 saturated carbocycles. The molecule has 0 aliphatic heterocycles. The number of hydrogen-bond acceptors (Lipinski definition) is 4. The van der Waals surface area contributed by atoms with Crippen LogP contribution in [0.5, 0.6) is 0 Å². The largest absolute Gasteiger partial charge is 0.332 e. The van der Waals surface area contributed by atoms with Crippen molar-refractivity contribution in [2.45, 2.75) is 0 Å². The van der Waals surface area contributed by atoms with Gasteiger partial charge < -0.3 is 5.32 Å². The van der Waals surface area contributed by atoms with Gasteiger partial charge in [-0.2, -0.15) is 0 Å². The molecule has 28 heavy (non-hydrogen) atoms. The lowest BCUT2D eigenvalue weighted by Gasteiger charge is -2.10. The Morgan fingerprint density at radius 1 is 0.964 bits per heavy atom. The second-order valence-corrected chi connectivity index (χ2v) is 7.85. The highest BCUT2D eigenvalue weighted by Gasteiger charge is 2.09. The number of nitrogens with one attached hydrogen (secondary N) is 2. The molecule has 0 unspecified atom stereocenters. The maximum Gasteiger partial charge on any atom is 0.257 e. The zero-order valence-electron chi connectivity index (χ0n) is 14.5. The molecule has 7 heteroatoms. The SMILES string of the molecule is O=C(NC(=S)Nc1ccc(-c2nc3ccccc3s2)cc1)c1ccc(Cl)cc1. The fourth-order valence-corrected chi connectivity index (χ4v) is 3.94. The number of amides is 1. The van der Waals surface area contributed by atoms with Crippen molar-refractivity contribution in [3.05, 3.63) is 83.4 Å². The number of halogens is 1. The van der Waals surface area contributed by atoms with Crippen LogP contribution in [0.1, 0.15) is 10.4 Å². The normalized spacial score (nSPS) is 10.6. The number of para-hydroxylation sites is 1. The third-order valence-corrected chi connectivity index (χ3v) is 5.56. The van der Waals surface area contributed by atoms with Crippen molar-refractivity contribution in [3.8, 4) is 10.6 Å². The number of carbonyl (C=O) groups excluding carboxylic acids is 1. The van der Waals surface area contributed by atoms with E-state index in [1.54, 1.807) is 35.6 Å². The van der Waals surface area contributed by atoms with Crippen LogP contribution in [0, 0.1) is 0 Å². The lowest BCUT2D eigenvalue weighted by Crippen LogP contribution is -2.34. The molecule has 0 fully saturated rings. The number of rotatable bonds is 3. The van der Waals surface area contributed by atoms with E-state index in [1.807, 2.05) is 42.5 Å². The summed E-state index contributed by atoms with van der Waals surface area (Å²) in [5.74, 6) is -0.291. The molecule has 4 nitrogen and oxygen atoms in total. The maximum atomic E-state index is 12.2. The fraction of sp³-hybridized carbons (Fsp3) is 0. The Morgan fingerprint density at radius 2 is 1.68 bits per heavy atom. The molecule has 0 radical (unpaired) electrons. The number of nitrogens with zero attached hydrogens (tertiary/aromatic N) is 1. The number of fused-ring (bicyclic) bond motifs is 1. The van der Waals surface area contributed by atoms with Gasteiger partial charge in [0.25, 0.3) is 5.91 Å². The molecule has 4 aromatic rings. The van der Waals surface area contributed by atoms with E-state index >= 15 is 0 Å². The van der Waals surface area contributed by atoms with Crippen molar-refractivity contribution >= 4 is 62.1 Å². The average molecular weight is 424 g/mol. The molecule has 1 heterocycles. The van der Waals surface area contributed by atoms with E-state index < -0.39 is 0 Å². The minimum Gasteiger partial charge on any atom is -0.332 e. The van der Waals surface area contributed by atoms with E-state index in [0.29, 0.717) is 10.6 Å². The first-order valence-corrected chi connectivity index (χ1v) is 10.0. The number of thiocarbonyl (C=S) groups is 1. The molecule has 0 aliphatic rings. The van der Waals surface area contributed by atoms with Crippen LogP contribution in [0.2, 0.25) is 5.02 Å². The zero-order valence-corrected chi connectivity index (χ0v) is 16.9. The summed E-state index contributed by atoms with van der Waals surface area (Å²) >= 11 is 12.7. The number of thiazole rings is 1. The van der Waals surface area contributed by atoms with Gasteiger partial charge in [0, 0.05) is 21.8 Å². The predicted molar refractivity (Wildman–Crippen MR) is 120 cm³/mol. The second-order valence-electron chi connectivity index (χ2n) is 5.98. The third kappa shape index (κ3) is 4.20. The second kappa shape index (κ2) is 8.06. The van der Waals surface area contributed by atoms with E-state index in [1.165, 1.54) is 0 Å².